The molecule has 4 N–H and O–H groups in total. The van der Waals surface area contributed by atoms with Crippen molar-refractivity contribution in [3.8, 4) is 0 Å². The Hall–Kier alpha value is -1.83. The Labute approximate surface area is 107 Å². The summed E-state index contributed by atoms with van der Waals surface area (Å²) in [5, 5.41) is 15.4. The van der Waals surface area contributed by atoms with Crippen LogP contribution in [0, 0.1) is 5.92 Å². The van der Waals surface area contributed by atoms with Gasteiger partial charge in [0.1, 0.15) is 0 Å². The van der Waals surface area contributed by atoms with Gasteiger partial charge in [-0.3, -0.25) is 9.59 Å². The van der Waals surface area contributed by atoms with E-state index < -0.39 is 17.9 Å². The average Bonchev–Trinajstić information content (AvgIpc) is 2.73. The fourth-order valence-corrected chi connectivity index (χ4v) is 1.84. The summed E-state index contributed by atoms with van der Waals surface area (Å²) in [6.07, 6.45) is 0.452. The number of nitrogens with one attached hydrogen (secondary N) is 3. The molecule has 0 aliphatic carbocycles. The average molecular weight is 273 g/mol. The first kappa shape index (κ1) is 14.2. The van der Waals surface area contributed by atoms with Gasteiger partial charge in [0.15, 0.2) is 0 Å². The molecule has 0 saturated carbocycles. The maximum atomic E-state index is 11.4. The van der Waals surface area contributed by atoms with E-state index in [9.17, 15) is 14.4 Å². The summed E-state index contributed by atoms with van der Waals surface area (Å²) in [5.74, 6) is -1.52. The standard InChI is InChI=1S/C10H15N3O4S/c1-2-6(8(14)15)3-11-9(16)12-4-7-5-18-10(17)13-7/h5-6H,2-4H2,1H3,(H,13,17)(H,14,15)(H2,11,12,16). The van der Waals surface area contributed by atoms with Crippen LogP contribution < -0.4 is 15.5 Å². The van der Waals surface area contributed by atoms with E-state index in [0.29, 0.717) is 12.1 Å². The molecule has 8 heteroatoms. The van der Waals surface area contributed by atoms with Crippen LogP contribution in [0.2, 0.25) is 0 Å². The number of aromatic nitrogens is 1. The number of amides is 2. The molecule has 0 spiro atoms. The van der Waals surface area contributed by atoms with E-state index in [-0.39, 0.29) is 18.0 Å². The van der Waals surface area contributed by atoms with Gasteiger partial charge in [-0.05, 0) is 6.42 Å². The first-order valence-corrected chi connectivity index (χ1v) is 6.32. The molecule has 100 valence electrons. The van der Waals surface area contributed by atoms with E-state index in [0.717, 1.165) is 11.3 Å². The molecule has 2 amide bonds. The fraction of sp³-hybridized carbons (Fsp3) is 0.500. The highest BCUT2D eigenvalue weighted by atomic mass is 32.1. The van der Waals surface area contributed by atoms with E-state index in [2.05, 4.69) is 15.6 Å². The molecule has 0 aliphatic rings. The Morgan fingerprint density at radius 3 is 2.72 bits per heavy atom. The van der Waals surface area contributed by atoms with Crippen molar-refractivity contribution >= 4 is 23.3 Å². The first-order valence-electron chi connectivity index (χ1n) is 5.44. The van der Waals surface area contributed by atoms with Crippen molar-refractivity contribution in [1.29, 1.82) is 0 Å². The summed E-state index contributed by atoms with van der Waals surface area (Å²) in [4.78, 5) is 35.3. The number of H-pyrrole nitrogens is 1. The van der Waals surface area contributed by atoms with Crippen LogP contribution in [0.1, 0.15) is 19.0 Å². The Balaban J connectivity index is 2.29. The minimum absolute atomic E-state index is 0.0812. The molecule has 0 aliphatic heterocycles. The monoisotopic (exact) mass is 273 g/mol. The molecular weight excluding hydrogens is 258 g/mol. The number of carboxylic acids is 1. The van der Waals surface area contributed by atoms with Crippen LogP contribution >= 0.6 is 11.3 Å². The maximum absolute atomic E-state index is 11.4. The quantitative estimate of drug-likeness (QED) is 0.599. The summed E-state index contributed by atoms with van der Waals surface area (Å²) >= 11 is 1.02. The fourth-order valence-electron chi connectivity index (χ4n) is 1.26. The Kier molecular flexibility index (Phi) is 5.37. The minimum Gasteiger partial charge on any atom is -0.481 e. The summed E-state index contributed by atoms with van der Waals surface area (Å²) in [7, 11) is 0. The molecule has 0 radical (unpaired) electrons. The maximum Gasteiger partial charge on any atom is 0.315 e. The molecule has 0 saturated heterocycles. The number of thiazole rings is 1. The molecular formula is C10H15N3O4S. The van der Waals surface area contributed by atoms with Crippen LogP contribution in [0.4, 0.5) is 4.79 Å². The number of hydrogen-bond donors (Lipinski definition) is 4. The number of aromatic amines is 1. The summed E-state index contributed by atoms with van der Waals surface area (Å²) in [6.45, 7) is 2.03. The molecule has 1 atom stereocenters. The van der Waals surface area contributed by atoms with Crippen LogP contribution in [-0.2, 0) is 11.3 Å². The topological polar surface area (TPSA) is 111 Å². The highest BCUT2D eigenvalue weighted by molar-refractivity contribution is 7.07. The number of urea groups is 1. The van der Waals surface area contributed by atoms with Crippen LogP contribution in [0.3, 0.4) is 0 Å². The van der Waals surface area contributed by atoms with Crippen LogP contribution in [0.25, 0.3) is 0 Å². The second kappa shape index (κ2) is 6.80. The lowest BCUT2D eigenvalue weighted by Crippen LogP contribution is -2.39. The van der Waals surface area contributed by atoms with Gasteiger partial charge in [-0.1, -0.05) is 18.3 Å². The molecule has 0 fully saturated rings. The highest BCUT2D eigenvalue weighted by Gasteiger charge is 2.15. The largest absolute Gasteiger partial charge is 0.481 e. The molecule has 7 nitrogen and oxygen atoms in total. The van der Waals surface area contributed by atoms with E-state index in [1.54, 1.807) is 12.3 Å². The second-order valence-electron chi connectivity index (χ2n) is 3.68. The number of hydrogen-bond acceptors (Lipinski definition) is 4. The van der Waals surface area contributed by atoms with Crippen LogP contribution in [-0.4, -0.2) is 28.6 Å². The lowest BCUT2D eigenvalue weighted by atomic mass is 10.1. The number of carbonyl (C=O) groups is 2. The number of aliphatic carboxylic acids is 1. The summed E-state index contributed by atoms with van der Waals surface area (Å²) in [6, 6.07) is -0.457. The van der Waals surface area contributed by atoms with Crippen LogP contribution in [0.15, 0.2) is 10.2 Å². The van der Waals surface area contributed by atoms with Crippen LogP contribution in [0.5, 0.6) is 0 Å². The SMILES string of the molecule is CCC(CNC(=O)NCc1csc(=O)[nH]1)C(=O)O. The molecule has 1 heterocycles. The minimum atomic E-state index is -0.931. The molecule has 1 rings (SSSR count). The molecule has 0 aromatic carbocycles. The summed E-state index contributed by atoms with van der Waals surface area (Å²) in [5.41, 5.74) is 0.616. The molecule has 0 bridgehead atoms. The van der Waals surface area contributed by atoms with Crippen molar-refractivity contribution in [3.63, 3.8) is 0 Å². The van der Waals surface area contributed by atoms with Gasteiger partial charge in [-0.15, -0.1) is 0 Å². The van der Waals surface area contributed by atoms with Gasteiger partial charge < -0.3 is 20.7 Å². The van der Waals surface area contributed by atoms with Gasteiger partial charge in [0.25, 0.3) is 0 Å². The predicted octanol–water partition coefficient (Wildman–Crippen LogP) is 0.346. The Morgan fingerprint density at radius 2 is 2.22 bits per heavy atom. The molecule has 1 aromatic rings. The Morgan fingerprint density at radius 1 is 1.50 bits per heavy atom. The molecule has 1 aromatic heterocycles. The number of carboxylic acid groups (broad SMARTS) is 1. The third kappa shape index (κ3) is 4.58. The van der Waals surface area contributed by atoms with Crippen molar-refractivity contribution < 1.29 is 14.7 Å². The molecule has 1 unspecified atom stereocenters. The third-order valence-corrected chi connectivity index (χ3v) is 3.08. The summed E-state index contributed by atoms with van der Waals surface area (Å²) < 4.78 is 0. The van der Waals surface area contributed by atoms with Crippen molar-refractivity contribution in [2.45, 2.75) is 19.9 Å². The van der Waals surface area contributed by atoms with Crippen molar-refractivity contribution in [3.05, 3.63) is 20.7 Å². The number of carbonyl (C=O) groups excluding carboxylic acids is 1. The van der Waals surface area contributed by atoms with Crippen molar-refractivity contribution in [2.24, 2.45) is 5.92 Å². The van der Waals surface area contributed by atoms with Gasteiger partial charge in [-0.25, -0.2) is 4.79 Å². The first-order chi connectivity index (χ1) is 8.52. The normalized spacial score (nSPS) is 11.8. The van der Waals surface area contributed by atoms with Gasteiger partial charge in [0.05, 0.1) is 12.5 Å². The van der Waals surface area contributed by atoms with Crippen molar-refractivity contribution in [2.75, 3.05) is 6.54 Å². The van der Waals surface area contributed by atoms with E-state index in [1.165, 1.54) is 0 Å². The smallest absolute Gasteiger partial charge is 0.315 e. The Bertz CT molecular complexity index is 468. The predicted molar refractivity (Wildman–Crippen MR) is 66.6 cm³/mol. The second-order valence-corrected chi connectivity index (χ2v) is 4.52. The van der Waals surface area contributed by atoms with Gasteiger partial charge in [0, 0.05) is 17.6 Å². The lowest BCUT2D eigenvalue weighted by molar-refractivity contribution is -0.141. The van der Waals surface area contributed by atoms with Gasteiger partial charge in [-0.2, -0.15) is 0 Å². The van der Waals surface area contributed by atoms with Crippen molar-refractivity contribution in [1.82, 2.24) is 15.6 Å². The van der Waals surface area contributed by atoms with E-state index >= 15 is 0 Å². The van der Waals surface area contributed by atoms with E-state index in [1.807, 2.05) is 0 Å². The third-order valence-electron chi connectivity index (χ3n) is 2.36. The van der Waals surface area contributed by atoms with Gasteiger partial charge in [0.2, 0.25) is 0 Å². The van der Waals surface area contributed by atoms with E-state index in [4.69, 9.17) is 5.11 Å². The zero-order valence-electron chi connectivity index (χ0n) is 9.86. The highest BCUT2D eigenvalue weighted by Crippen LogP contribution is 2.00. The van der Waals surface area contributed by atoms with Gasteiger partial charge >= 0.3 is 16.9 Å². The zero-order chi connectivity index (χ0) is 13.5. The number of rotatable bonds is 6. The molecule has 18 heavy (non-hydrogen) atoms. The lowest BCUT2D eigenvalue weighted by Gasteiger charge is -2.11. The zero-order valence-corrected chi connectivity index (χ0v) is 10.7.